The molecule has 0 spiro atoms. The van der Waals surface area contributed by atoms with E-state index in [1.54, 1.807) is 0 Å². The third-order valence-corrected chi connectivity index (χ3v) is 9.94. The number of rotatable bonds is 14. The maximum atomic E-state index is 5.77. The van der Waals surface area contributed by atoms with Gasteiger partial charge in [-0.1, -0.05) is 74.8 Å². The van der Waals surface area contributed by atoms with Crippen molar-refractivity contribution in [3.05, 3.63) is 202 Å². The quantitative estimate of drug-likeness (QED) is 0.0858. The van der Waals surface area contributed by atoms with Gasteiger partial charge in [0.25, 0.3) is 0 Å². The zero-order valence-corrected chi connectivity index (χ0v) is 31.9. The number of benzene rings is 5. The SMILES string of the molecule is C=COc1cc(C)c(C(c2ccc(C(c3cc(C)c(OC=C)cc3C)c3cc(C)c(OC=C)cc3C)cc2)c2cc(C)c(OC=C)cc2C)cc1C. The molecule has 0 radical (unpaired) electrons. The minimum Gasteiger partial charge on any atom is -0.465 e. The number of aryl methyl sites for hydroxylation is 8. The van der Waals surface area contributed by atoms with E-state index in [2.05, 4.69) is 155 Å². The molecule has 5 aromatic carbocycles. The van der Waals surface area contributed by atoms with Crippen LogP contribution in [0.2, 0.25) is 0 Å². The summed E-state index contributed by atoms with van der Waals surface area (Å²) in [6.07, 6.45) is 5.91. The van der Waals surface area contributed by atoms with Crippen molar-refractivity contribution in [3.63, 3.8) is 0 Å². The van der Waals surface area contributed by atoms with Crippen molar-refractivity contribution in [2.45, 2.75) is 67.2 Å². The summed E-state index contributed by atoms with van der Waals surface area (Å²) >= 11 is 0. The van der Waals surface area contributed by atoms with E-state index >= 15 is 0 Å². The van der Waals surface area contributed by atoms with Gasteiger partial charge in [-0.3, -0.25) is 0 Å². The van der Waals surface area contributed by atoms with Gasteiger partial charge >= 0.3 is 0 Å². The lowest BCUT2D eigenvalue weighted by molar-refractivity contribution is 0.478. The Morgan fingerprint density at radius 3 is 0.750 bits per heavy atom. The molecule has 0 fully saturated rings. The molecule has 5 aromatic rings. The highest BCUT2D eigenvalue weighted by atomic mass is 16.5. The standard InChI is InChI=1S/C48H50O4/c1-13-49-43-25-29(5)39(21-33(43)9)47(40-22-34(10)44(50-14-2)26-30(40)6)37-17-19-38(20-18-37)48(41-23-35(11)45(51-15-3)27-31(41)7)42-24-36(12)46(52-16-4)28-32(42)8/h13-28,47-48H,1-4H2,5-12H3. The Hall–Kier alpha value is -5.74. The second-order valence-electron chi connectivity index (χ2n) is 13.6. The Labute approximate surface area is 310 Å². The summed E-state index contributed by atoms with van der Waals surface area (Å²) in [5, 5.41) is 0. The number of hydrogen-bond donors (Lipinski definition) is 0. The average molecular weight is 691 g/mol. The van der Waals surface area contributed by atoms with Crippen molar-refractivity contribution >= 4 is 0 Å². The molecule has 0 atom stereocenters. The molecule has 0 aliphatic heterocycles. The van der Waals surface area contributed by atoms with E-state index in [4.69, 9.17) is 18.9 Å². The van der Waals surface area contributed by atoms with Crippen LogP contribution in [-0.4, -0.2) is 0 Å². The molecule has 0 saturated carbocycles. The molecule has 4 heteroatoms. The van der Waals surface area contributed by atoms with Gasteiger partial charge in [0.05, 0.1) is 25.0 Å². The third kappa shape index (κ3) is 7.62. The van der Waals surface area contributed by atoms with E-state index in [1.165, 1.54) is 58.4 Å². The molecular formula is C48H50O4. The van der Waals surface area contributed by atoms with E-state index < -0.39 is 0 Å². The molecule has 4 nitrogen and oxygen atoms in total. The maximum absolute atomic E-state index is 5.77. The van der Waals surface area contributed by atoms with Crippen molar-refractivity contribution in [3.8, 4) is 23.0 Å². The highest BCUT2D eigenvalue weighted by molar-refractivity contribution is 5.58. The van der Waals surface area contributed by atoms with Crippen LogP contribution in [0.5, 0.6) is 23.0 Å². The second-order valence-corrected chi connectivity index (χ2v) is 13.6. The number of ether oxygens (including phenoxy) is 4. The van der Waals surface area contributed by atoms with Crippen LogP contribution in [0.4, 0.5) is 0 Å². The molecule has 0 N–H and O–H groups in total. The summed E-state index contributed by atoms with van der Waals surface area (Å²) in [5.41, 5.74) is 16.0. The Bertz CT molecular complexity index is 1870. The summed E-state index contributed by atoms with van der Waals surface area (Å²) in [6.45, 7) is 32.0. The predicted molar refractivity (Wildman–Crippen MR) is 215 cm³/mol. The second kappa shape index (κ2) is 16.1. The van der Waals surface area contributed by atoms with E-state index in [1.807, 2.05) is 0 Å². The first kappa shape index (κ1) is 37.5. The van der Waals surface area contributed by atoms with Crippen LogP contribution in [0.1, 0.15) is 89.7 Å². The molecule has 0 unspecified atom stereocenters. The van der Waals surface area contributed by atoms with Gasteiger partial charge in [0.1, 0.15) is 23.0 Å². The topological polar surface area (TPSA) is 36.9 Å². The molecule has 52 heavy (non-hydrogen) atoms. The Morgan fingerprint density at radius 1 is 0.346 bits per heavy atom. The lowest BCUT2D eigenvalue weighted by Crippen LogP contribution is -2.11. The average Bonchev–Trinajstić information content (AvgIpc) is 3.10. The first-order chi connectivity index (χ1) is 24.9. The van der Waals surface area contributed by atoms with Gasteiger partial charge in [0.2, 0.25) is 0 Å². The molecule has 0 amide bonds. The van der Waals surface area contributed by atoms with Crippen molar-refractivity contribution in [1.82, 2.24) is 0 Å². The predicted octanol–water partition coefficient (Wildman–Crippen LogP) is 12.6. The summed E-state index contributed by atoms with van der Waals surface area (Å²) in [7, 11) is 0. The number of hydrogen-bond acceptors (Lipinski definition) is 4. The Kier molecular flexibility index (Phi) is 11.6. The fourth-order valence-electron chi connectivity index (χ4n) is 7.29. The Morgan fingerprint density at radius 2 is 0.558 bits per heavy atom. The minimum atomic E-state index is -0.0425. The molecule has 0 saturated heterocycles. The normalized spacial score (nSPS) is 11.0. The highest BCUT2D eigenvalue weighted by Gasteiger charge is 2.26. The zero-order chi connectivity index (χ0) is 37.7. The van der Waals surface area contributed by atoms with Gasteiger partial charge in [-0.05, 0) is 158 Å². The monoisotopic (exact) mass is 690 g/mol. The van der Waals surface area contributed by atoms with Crippen LogP contribution < -0.4 is 18.9 Å². The lowest BCUT2D eigenvalue weighted by Gasteiger charge is -2.27. The molecule has 5 rings (SSSR count). The molecule has 0 aromatic heterocycles. The molecular weight excluding hydrogens is 641 g/mol. The third-order valence-electron chi connectivity index (χ3n) is 9.94. The Balaban J connectivity index is 1.73. The van der Waals surface area contributed by atoms with Crippen molar-refractivity contribution < 1.29 is 18.9 Å². The van der Waals surface area contributed by atoms with Crippen LogP contribution in [0.25, 0.3) is 0 Å². The van der Waals surface area contributed by atoms with Crippen LogP contribution >= 0.6 is 0 Å². The van der Waals surface area contributed by atoms with Gasteiger partial charge in [0, 0.05) is 11.8 Å². The van der Waals surface area contributed by atoms with E-state index in [-0.39, 0.29) is 11.8 Å². The fraction of sp³-hybridized carbons (Fsp3) is 0.208. The first-order valence-electron chi connectivity index (χ1n) is 17.6. The van der Waals surface area contributed by atoms with Crippen LogP contribution in [0, 0.1) is 55.4 Å². The molecule has 0 heterocycles. The summed E-state index contributed by atoms with van der Waals surface area (Å²) in [5.74, 6) is 3.14. The summed E-state index contributed by atoms with van der Waals surface area (Å²) < 4.78 is 23.1. The molecule has 0 bridgehead atoms. The highest BCUT2D eigenvalue weighted by Crippen LogP contribution is 2.43. The van der Waals surface area contributed by atoms with Crippen LogP contribution in [0.3, 0.4) is 0 Å². The first-order valence-corrected chi connectivity index (χ1v) is 17.6. The molecule has 266 valence electrons. The van der Waals surface area contributed by atoms with E-state index in [0.717, 1.165) is 67.5 Å². The molecule has 0 aliphatic rings. The molecule has 0 aliphatic carbocycles. The largest absolute Gasteiger partial charge is 0.465 e. The van der Waals surface area contributed by atoms with Crippen molar-refractivity contribution in [2.24, 2.45) is 0 Å². The maximum Gasteiger partial charge on any atom is 0.129 e. The van der Waals surface area contributed by atoms with Gasteiger partial charge in [-0.2, -0.15) is 0 Å². The zero-order valence-electron chi connectivity index (χ0n) is 31.9. The van der Waals surface area contributed by atoms with Gasteiger partial charge in [-0.15, -0.1) is 0 Å². The lowest BCUT2D eigenvalue weighted by atomic mass is 9.77. The summed E-state index contributed by atoms with van der Waals surface area (Å²) in [6, 6.07) is 26.6. The van der Waals surface area contributed by atoms with Crippen LogP contribution in [-0.2, 0) is 0 Å². The van der Waals surface area contributed by atoms with Crippen molar-refractivity contribution in [1.29, 1.82) is 0 Å². The van der Waals surface area contributed by atoms with E-state index in [9.17, 15) is 0 Å². The van der Waals surface area contributed by atoms with Gasteiger partial charge in [-0.25, -0.2) is 0 Å². The van der Waals surface area contributed by atoms with Crippen LogP contribution in [0.15, 0.2) is 124 Å². The van der Waals surface area contributed by atoms with Crippen molar-refractivity contribution in [2.75, 3.05) is 0 Å². The fourth-order valence-corrected chi connectivity index (χ4v) is 7.29. The van der Waals surface area contributed by atoms with E-state index in [0.29, 0.717) is 0 Å². The smallest absolute Gasteiger partial charge is 0.129 e. The summed E-state index contributed by atoms with van der Waals surface area (Å²) in [4.78, 5) is 0. The van der Waals surface area contributed by atoms with Gasteiger partial charge < -0.3 is 18.9 Å². The van der Waals surface area contributed by atoms with Gasteiger partial charge in [0.15, 0.2) is 0 Å². The minimum absolute atomic E-state index is 0.0425.